The molecule has 19 heavy (non-hydrogen) atoms. The van der Waals surface area contributed by atoms with E-state index in [0.29, 0.717) is 5.92 Å². The zero-order valence-electron chi connectivity index (χ0n) is 11.9. The van der Waals surface area contributed by atoms with Crippen LogP contribution in [0.5, 0.6) is 0 Å². The van der Waals surface area contributed by atoms with E-state index in [9.17, 15) is 0 Å². The van der Waals surface area contributed by atoms with E-state index < -0.39 is 0 Å². The molecule has 1 unspecified atom stereocenters. The van der Waals surface area contributed by atoms with Crippen molar-refractivity contribution >= 4 is 5.82 Å². The van der Waals surface area contributed by atoms with Crippen molar-refractivity contribution in [3.8, 4) is 0 Å². The smallest absolute Gasteiger partial charge is 0.162 e. The Labute approximate surface area is 115 Å². The van der Waals surface area contributed by atoms with Gasteiger partial charge in [0, 0.05) is 31.3 Å². The van der Waals surface area contributed by atoms with Crippen molar-refractivity contribution in [2.75, 3.05) is 19.0 Å². The van der Waals surface area contributed by atoms with Crippen LogP contribution >= 0.6 is 0 Å². The summed E-state index contributed by atoms with van der Waals surface area (Å²) >= 11 is 0. The van der Waals surface area contributed by atoms with Gasteiger partial charge < -0.3 is 10.1 Å². The van der Waals surface area contributed by atoms with Crippen molar-refractivity contribution in [3.63, 3.8) is 0 Å². The van der Waals surface area contributed by atoms with Crippen LogP contribution < -0.4 is 5.32 Å². The van der Waals surface area contributed by atoms with Gasteiger partial charge in [0.1, 0.15) is 11.4 Å². The molecule has 2 fully saturated rings. The number of hydrogen-bond donors (Lipinski definition) is 1. The fraction of sp³-hybridized carbons (Fsp3) is 0.733. The fourth-order valence-corrected chi connectivity index (χ4v) is 3.22. The lowest BCUT2D eigenvalue weighted by molar-refractivity contribution is 0.00921. The molecule has 104 valence electrons. The summed E-state index contributed by atoms with van der Waals surface area (Å²) in [4.78, 5) is 9.47. The van der Waals surface area contributed by atoms with Gasteiger partial charge in [0.2, 0.25) is 0 Å². The second kappa shape index (κ2) is 5.08. The molecule has 4 nitrogen and oxygen atoms in total. The summed E-state index contributed by atoms with van der Waals surface area (Å²) in [6.07, 6.45) is 7.29. The van der Waals surface area contributed by atoms with E-state index >= 15 is 0 Å². The Morgan fingerprint density at radius 3 is 2.68 bits per heavy atom. The maximum absolute atomic E-state index is 5.89. The van der Waals surface area contributed by atoms with Crippen LogP contribution in [0, 0.1) is 0 Å². The minimum absolute atomic E-state index is 0.291. The molecule has 1 N–H and O–H groups in total. The van der Waals surface area contributed by atoms with E-state index in [-0.39, 0.29) is 5.60 Å². The first-order valence-electron chi connectivity index (χ1n) is 7.42. The number of anilines is 1. The molecule has 0 amide bonds. The largest absolute Gasteiger partial charge is 0.373 e. The predicted octanol–water partition coefficient (Wildman–Crippen LogP) is 3.20. The summed E-state index contributed by atoms with van der Waals surface area (Å²) in [5, 5.41) is 3.17. The third-order valence-corrected chi connectivity index (χ3v) is 4.47. The fourth-order valence-electron chi connectivity index (χ4n) is 3.22. The van der Waals surface area contributed by atoms with Gasteiger partial charge in [0.15, 0.2) is 5.82 Å². The lowest BCUT2D eigenvalue weighted by Crippen LogP contribution is -2.24. The van der Waals surface area contributed by atoms with Gasteiger partial charge in [0.25, 0.3) is 0 Å². The van der Waals surface area contributed by atoms with Gasteiger partial charge in [-0.05, 0) is 32.6 Å². The van der Waals surface area contributed by atoms with E-state index in [1.54, 1.807) is 0 Å². The number of nitrogens with zero attached hydrogens (tertiary/aromatic N) is 2. The Balaban J connectivity index is 1.96. The monoisotopic (exact) mass is 261 g/mol. The standard InChI is InChI=1S/C15H23N3O/c1-15(8-5-9-19-15)14-17-12(10-13(16-2)18-14)11-6-3-4-7-11/h10-11H,3-9H2,1-2H3,(H,16,17,18). The molecule has 1 aromatic heterocycles. The number of rotatable bonds is 3. The molecule has 1 aromatic rings. The van der Waals surface area contributed by atoms with E-state index in [4.69, 9.17) is 9.72 Å². The first kappa shape index (κ1) is 12.9. The van der Waals surface area contributed by atoms with Gasteiger partial charge in [0.05, 0.1) is 0 Å². The first-order valence-corrected chi connectivity index (χ1v) is 7.42. The van der Waals surface area contributed by atoms with Gasteiger partial charge in [-0.3, -0.25) is 0 Å². The second-order valence-corrected chi connectivity index (χ2v) is 5.92. The van der Waals surface area contributed by atoms with E-state index in [1.165, 1.54) is 31.4 Å². The number of aromatic nitrogens is 2. The maximum atomic E-state index is 5.89. The number of ether oxygens (including phenoxy) is 1. The molecule has 2 aliphatic rings. The highest BCUT2D eigenvalue weighted by Crippen LogP contribution is 2.37. The van der Waals surface area contributed by atoms with Crippen molar-refractivity contribution in [1.82, 2.24) is 9.97 Å². The van der Waals surface area contributed by atoms with Gasteiger partial charge in [-0.1, -0.05) is 12.8 Å². The summed E-state index contributed by atoms with van der Waals surface area (Å²) < 4.78 is 5.89. The Kier molecular flexibility index (Phi) is 3.44. The Morgan fingerprint density at radius 2 is 2.05 bits per heavy atom. The van der Waals surface area contributed by atoms with E-state index in [2.05, 4.69) is 23.3 Å². The molecule has 1 saturated carbocycles. The third-order valence-electron chi connectivity index (χ3n) is 4.47. The van der Waals surface area contributed by atoms with Crippen LogP contribution in [0.25, 0.3) is 0 Å². The van der Waals surface area contributed by atoms with Crippen molar-refractivity contribution in [2.45, 2.75) is 57.0 Å². The summed E-state index contributed by atoms with van der Waals surface area (Å²) in [5.74, 6) is 2.39. The van der Waals surface area contributed by atoms with Gasteiger partial charge in [-0.15, -0.1) is 0 Å². The zero-order chi connectivity index (χ0) is 13.3. The quantitative estimate of drug-likeness (QED) is 0.907. The van der Waals surface area contributed by atoms with Crippen molar-refractivity contribution in [1.29, 1.82) is 0 Å². The average Bonchev–Trinajstić information content (AvgIpc) is 3.10. The second-order valence-electron chi connectivity index (χ2n) is 5.92. The minimum atomic E-state index is -0.291. The van der Waals surface area contributed by atoms with Crippen molar-refractivity contribution in [3.05, 3.63) is 17.6 Å². The van der Waals surface area contributed by atoms with Crippen LogP contribution in [0.4, 0.5) is 5.82 Å². The summed E-state index contributed by atoms with van der Waals surface area (Å²) in [6, 6.07) is 2.11. The number of hydrogen-bond acceptors (Lipinski definition) is 4. The summed E-state index contributed by atoms with van der Waals surface area (Å²) in [5.41, 5.74) is 0.906. The van der Waals surface area contributed by atoms with Crippen LogP contribution in [0.2, 0.25) is 0 Å². The SMILES string of the molecule is CNc1cc(C2CCCC2)nc(C2(C)CCCO2)n1. The van der Waals surface area contributed by atoms with Crippen LogP contribution in [-0.2, 0) is 10.3 Å². The molecule has 1 aliphatic heterocycles. The van der Waals surface area contributed by atoms with Gasteiger partial charge in [-0.2, -0.15) is 0 Å². The highest BCUT2D eigenvalue weighted by atomic mass is 16.5. The highest BCUT2D eigenvalue weighted by molar-refractivity contribution is 5.37. The highest BCUT2D eigenvalue weighted by Gasteiger charge is 2.35. The summed E-state index contributed by atoms with van der Waals surface area (Å²) in [6.45, 7) is 2.94. The molecule has 1 saturated heterocycles. The predicted molar refractivity (Wildman–Crippen MR) is 75.3 cm³/mol. The molecule has 2 heterocycles. The van der Waals surface area contributed by atoms with Crippen LogP contribution in [0.1, 0.15) is 62.9 Å². The molecular weight excluding hydrogens is 238 g/mol. The van der Waals surface area contributed by atoms with Gasteiger partial charge >= 0.3 is 0 Å². The van der Waals surface area contributed by atoms with E-state index in [0.717, 1.165) is 31.1 Å². The van der Waals surface area contributed by atoms with Crippen LogP contribution in [0.15, 0.2) is 6.07 Å². The summed E-state index contributed by atoms with van der Waals surface area (Å²) in [7, 11) is 1.92. The average molecular weight is 261 g/mol. The molecular formula is C15H23N3O. The van der Waals surface area contributed by atoms with Crippen molar-refractivity contribution < 1.29 is 4.74 Å². The molecule has 0 aromatic carbocycles. The molecule has 1 atom stereocenters. The molecule has 0 bridgehead atoms. The topological polar surface area (TPSA) is 47.0 Å². The maximum Gasteiger partial charge on any atom is 0.162 e. The number of nitrogens with one attached hydrogen (secondary N) is 1. The Hall–Kier alpha value is -1.16. The zero-order valence-corrected chi connectivity index (χ0v) is 11.9. The van der Waals surface area contributed by atoms with Gasteiger partial charge in [-0.25, -0.2) is 9.97 Å². The molecule has 4 heteroatoms. The minimum Gasteiger partial charge on any atom is -0.373 e. The molecule has 0 spiro atoms. The Bertz CT molecular complexity index is 449. The molecule has 3 rings (SSSR count). The lowest BCUT2D eigenvalue weighted by atomic mass is 9.99. The molecule has 0 radical (unpaired) electrons. The van der Waals surface area contributed by atoms with Crippen LogP contribution in [-0.4, -0.2) is 23.6 Å². The van der Waals surface area contributed by atoms with Crippen LogP contribution in [0.3, 0.4) is 0 Å². The van der Waals surface area contributed by atoms with Crippen molar-refractivity contribution in [2.24, 2.45) is 0 Å². The normalized spacial score (nSPS) is 27.9. The third kappa shape index (κ3) is 2.46. The first-order chi connectivity index (χ1) is 9.21. The molecule has 1 aliphatic carbocycles. The van der Waals surface area contributed by atoms with E-state index in [1.807, 2.05) is 7.05 Å². The lowest BCUT2D eigenvalue weighted by Gasteiger charge is -2.23. The Morgan fingerprint density at radius 1 is 1.26 bits per heavy atom.